The zero-order chi connectivity index (χ0) is 23.7. The quantitative estimate of drug-likeness (QED) is 0.510. The van der Waals surface area contributed by atoms with E-state index in [0.29, 0.717) is 18.0 Å². The van der Waals surface area contributed by atoms with Crippen LogP contribution >= 0.6 is 0 Å². The van der Waals surface area contributed by atoms with Crippen molar-refractivity contribution in [2.45, 2.75) is 71.1 Å². The highest BCUT2D eigenvalue weighted by molar-refractivity contribution is 5.59. The molecule has 1 atom stereocenters. The standard InChI is InChI=1S/C27H37N7/c1-19(2)34-20(3)29-16-26(34)25-12-14-28-27(31-25)30-22-10-8-21(9-11-22)17-33-15-13-24(18-33)32(4)23-6-5-7-23/h8-12,14,16,19,23-24H,5-7,13,15,17-18H2,1-4H3,(H,28,30,31)/t24-/m0/s1. The minimum absolute atomic E-state index is 0.320. The molecule has 1 aliphatic carbocycles. The molecule has 2 aliphatic rings. The first-order valence-electron chi connectivity index (χ1n) is 12.7. The fourth-order valence-corrected chi connectivity index (χ4v) is 5.32. The monoisotopic (exact) mass is 459 g/mol. The first-order valence-corrected chi connectivity index (χ1v) is 12.7. The number of aromatic nitrogens is 4. The van der Waals surface area contributed by atoms with Crippen LogP contribution in [0.4, 0.5) is 11.6 Å². The predicted molar refractivity (Wildman–Crippen MR) is 137 cm³/mol. The molecule has 7 nitrogen and oxygen atoms in total. The summed E-state index contributed by atoms with van der Waals surface area (Å²) in [5.74, 6) is 1.59. The van der Waals surface area contributed by atoms with Crippen LogP contribution in [0.5, 0.6) is 0 Å². The molecular weight excluding hydrogens is 422 g/mol. The lowest BCUT2D eigenvalue weighted by atomic mass is 9.91. The minimum atomic E-state index is 0.320. The molecule has 1 aliphatic heterocycles. The van der Waals surface area contributed by atoms with E-state index < -0.39 is 0 Å². The number of hydrogen-bond donors (Lipinski definition) is 1. The van der Waals surface area contributed by atoms with Gasteiger partial charge < -0.3 is 9.88 Å². The van der Waals surface area contributed by atoms with E-state index in [9.17, 15) is 0 Å². The molecule has 5 rings (SSSR count). The molecule has 1 saturated heterocycles. The summed E-state index contributed by atoms with van der Waals surface area (Å²) in [7, 11) is 2.33. The summed E-state index contributed by atoms with van der Waals surface area (Å²) >= 11 is 0. The number of likely N-dealkylation sites (N-methyl/N-ethyl adjacent to an activating group) is 1. The molecule has 1 N–H and O–H groups in total. The molecule has 7 heteroatoms. The van der Waals surface area contributed by atoms with Crippen LogP contribution in [0.15, 0.2) is 42.7 Å². The van der Waals surface area contributed by atoms with Gasteiger partial charge in [-0.3, -0.25) is 9.80 Å². The second-order valence-electron chi connectivity index (χ2n) is 10.2. The zero-order valence-corrected chi connectivity index (χ0v) is 20.9. The third kappa shape index (κ3) is 4.86. The first-order chi connectivity index (χ1) is 16.5. The number of hydrogen-bond acceptors (Lipinski definition) is 6. The molecule has 180 valence electrons. The third-order valence-electron chi connectivity index (χ3n) is 7.51. The van der Waals surface area contributed by atoms with Crippen molar-refractivity contribution >= 4 is 11.6 Å². The summed E-state index contributed by atoms with van der Waals surface area (Å²) in [4.78, 5) is 18.9. The third-order valence-corrected chi connectivity index (χ3v) is 7.51. The second kappa shape index (κ2) is 9.84. The van der Waals surface area contributed by atoms with Gasteiger partial charge in [-0.2, -0.15) is 0 Å². The summed E-state index contributed by atoms with van der Waals surface area (Å²) in [6.45, 7) is 9.74. The van der Waals surface area contributed by atoms with Gasteiger partial charge >= 0.3 is 0 Å². The molecule has 0 bridgehead atoms. The summed E-state index contributed by atoms with van der Waals surface area (Å²) in [6, 6.07) is 12.5. The molecule has 2 aromatic heterocycles. The van der Waals surface area contributed by atoms with Gasteiger partial charge in [0.1, 0.15) is 5.82 Å². The van der Waals surface area contributed by atoms with E-state index in [2.05, 4.69) is 74.8 Å². The Kier molecular flexibility index (Phi) is 6.66. The zero-order valence-electron chi connectivity index (χ0n) is 20.9. The van der Waals surface area contributed by atoms with Crippen LogP contribution in [0, 0.1) is 6.92 Å². The van der Waals surface area contributed by atoms with Gasteiger partial charge in [0, 0.05) is 49.6 Å². The number of nitrogens with zero attached hydrogens (tertiary/aromatic N) is 6. The van der Waals surface area contributed by atoms with E-state index in [1.54, 1.807) is 6.20 Å². The number of aryl methyl sites for hydroxylation is 1. The van der Waals surface area contributed by atoms with Crippen LogP contribution in [0.2, 0.25) is 0 Å². The van der Waals surface area contributed by atoms with Crippen molar-refractivity contribution in [1.82, 2.24) is 29.3 Å². The Hall–Kier alpha value is -2.77. The van der Waals surface area contributed by atoms with Crippen molar-refractivity contribution < 1.29 is 0 Å². The van der Waals surface area contributed by atoms with Gasteiger partial charge in [0.05, 0.1) is 17.6 Å². The molecule has 0 radical (unpaired) electrons. The topological polar surface area (TPSA) is 62.1 Å². The number of nitrogens with one attached hydrogen (secondary N) is 1. The number of rotatable bonds is 8. The molecule has 0 unspecified atom stereocenters. The van der Waals surface area contributed by atoms with Gasteiger partial charge in [0.2, 0.25) is 5.95 Å². The molecule has 2 fully saturated rings. The summed E-state index contributed by atoms with van der Waals surface area (Å²) in [5.41, 5.74) is 4.24. The minimum Gasteiger partial charge on any atom is -0.324 e. The van der Waals surface area contributed by atoms with Gasteiger partial charge in [-0.25, -0.2) is 15.0 Å². The largest absolute Gasteiger partial charge is 0.324 e. The molecule has 0 spiro atoms. The Labute approximate surface area is 203 Å². The van der Waals surface area contributed by atoms with Crippen molar-refractivity contribution in [3.63, 3.8) is 0 Å². The Morgan fingerprint density at radius 2 is 1.85 bits per heavy atom. The van der Waals surface area contributed by atoms with Crippen molar-refractivity contribution in [3.05, 3.63) is 54.1 Å². The van der Waals surface area contributed by atoms with E-state index in [4.69, 9.17) is 4.98 Å². The van der Waals surface area contributed by atoms with E-state index in [1.165, 1.54) is 44.3 Å². The van der Waals surface area contributed by atoms with Crippen molar-refractivity contribution in [2.24, 2.45) is 0 Å². The van der Waals surface area contributed by atoms with Crippen molar-refractivity contribution in [1.29, 1.82) is 0 Å². The van der Waals surface area contributed by atoms with Crippen LogP contribution in [0.25, 0.3) is 11.4 Å². The maximum atomic E-state index is 4.76. The molecule has 1 aromatic carbocycles. The Morgan fingerprint density at radius 3 is 2.56 bits per heavy atom. The lowest BCUT2D eigenvalue weighted by Crippen LogP contribution is -2.45. The van der Waals surface area contributed by atoms with Gasteiger partial charge in [0.15, 0.2) is 0 Å². The highest BCUT2D eigenvalue weighted by atomic mass is 15.3. The Morgan fingerprint density at radius 1 is 1.06 bits per heavy atom. The first kappa shape index (κ1) is 23.0. The van der Waals surface area contributed by atoms with Crippen molar-refractivity contribution in [3.8, 4) is 11.4 Å². The van der Waals surface area contributed by atoms with Crippen molar-refractivity contribution in [2.75, 3.05) is 25.5 Å². The van der Waals surface area contributed by atoms with E-state index >= 15 is 0 Å². The molecular formula is C27H37N7. The maximum absolute atomic E-state index is 4.76. The average Bonchev–Trinajstić information content (AvgIpc) is 3.41. The lowest BCUT2D eigenvalue weighted by molar-refractivity contribution is 0.111. The molecule has 3 aromatic rings. The van der Waals surface area contributed by atoms with Crippen LogP contribution in [-0.4, -0.2) is 61.5 Å². The predicted octanol–water partition coefficient (Wildman–Crippen LogP) is 5.03. The van der Waals surface area contributed by atoms with Crippen LogP contribution in [0.1, 0.15) is 57.0 Å². The second-order valence-corrected chi connectivity index (χ2v) is 10.2. The SMILES string of the molecule is Cc1ncc(-c2ccnc(Nc3ccc(CN4CC[C@H](N(C)C5CCC5)C4)cc3)n2)n1C(C)C. The highest BCUT2D eigenvalue weighted by Gasteiger charge is 2.32. The van der Waals surface area contributed by atoms with E-state index in [-0.39, 0.29) is 0 Å². The van der Waals surface area contributed by atoms with Crippen LogP contribution in [-0.2, 0) is 6.54 Å². The Bertz CT molecular complexity index is 1100. The van der Waals surface area contributed by atoms with Crippen LogP contribution in [0.3, 0.4) is 0 Å². The maximum Gasteiger partial charge on any atom is 0.227 e. The molecule has 0 amide bonds. The summed E-state index contributed by atoms with van der Waals surface area (Å²) in [5, 5.41) is 3.37. The number of imidazole rings is 1. The van der Waals surface area contributed by atoms with Gasteiger partial charge in [0.25, 0.3) is 0 Å². The van der Waals surface area contributed by atoms with Gasteiger partial charge in [-0.15, -0.1) is 0 Å². The molecule has 1 saturated carbocycles. The molecule has 34 heavy (non-hydrogen) atoms. The van der Waals surface area contributed by atoms with Crippen LogP contribution < -0.4 is 5.32 Å². The number of likely N-dealkylation sites (tertiary alicyclic amines) is 1. The van der Waals surface area contributed by atoms with E-state index in [0.717, 1.165) is 35.5 Å². The molecule has 3 heterocycles. The van der Waals surface area contributed by atoms with Gasteiger partial charge in [-0.1, -0.05) is 18.6 Å². The number of anilines is 2. The summed E-state index contributed by atoms with van der Waals surface area (Å²) < 4.78 is 2.20. The van der Waals surface area contributed by atoms with Gasteiger partial charge in [-0.05, 0) is 70.8 Å². The smallest absolute Gasteiger partial charge is 0.227 e. The number of benzene rings is 1. The highest BCUT2D eigenvalue weighted by Crippen LogP contribution is 2.29. The fourth-order valence-electron chi connectivity index (χ4n) is 5.32. The Balaban J connectivity index is 1.20. The fraction of sp³-hybridized carbons (Fsp3) is 0.519. The normalized spacial score (nSPS) is 19.2. The average molecular weight is 460 g/mol. The lowest BCUT2D eigenvalue weighted by Gasteiger charge is -2.38. The summed E-state index contributed by atoms with van der Waals surface area (Å²) in [6.07, 6.45) is 9.16. The van der Waals surface area contributed by atoms with E-state index in [1.807, 2.05) is 19.2 Å².